The summed E-state index contributed by atoms with van der Waals surface area (Å²) in [6.07, 6.45) is 6.50. The fraction of sp³-hybridized carbons (Fsp3) is 0.750. The monoisotopic (exact) mass is 194 g/mol. The van der Waals surface area contributed by atoms with Crippen LogP contribution in [0.1, 0.15) is 39.5 Å². The van der Waals surface area contributed by atoms with Crippen LogP contribution in [0.15, 0.2) is 11.8 Å². The number of Topliss-reactive ketones (excluding diaryl/α,β-unsaturated/α-hetero) is 1. The zero-order valence-corrected chi connectivity index (χ0v) is 9.01. The number of carbonyl (C=O) groups excluding carboxylic acids is 1. The molecule has 0 radical (unpaired) electrons. The maximum absolute atomic E-state index is 12.1. The maximum Gasteiger partial charge on any atom is 0.202 e. The van der Waals surface area contributed by atoms with E-state index in [9.17, 15) is 4.79 Å². The molecule has 0 aromatic heterocycles. The minimum Gasteiger partial charge on any atom is -0.490 e. The Morgan fingerprint density at radius 1 is 1.50 bits per heavy atom. The first-order chi connectivity index (χ1) is 6.62. The Hall–Kier alpha value is -0.790. The van der Waals surface area contributed by atoms with E-state index < -0.39 is 0 Å². The quantitative estimate of drug-likeness (QED) is 0.690. The highest BCUT2D eigenvalue weighted by Crippen LogP contribution is 2.43. The summed E-state index contributed by atoms with van der Waals surface area (Å²) in [6, 6.07) is 0. The van der Waals surface area contributed by atoms with Gasteiger partial charge in [-0.1, -0.05) is 20.3 Å². The van der Waals surface area contributed by atoms with Gasteiger partial charge in [0.1, 0.15) is 0 Å². The van der Waals surface area contributed by atoms with Crippen LogP contribution in [0.25, 0.3) is 0 Å². The Balaban J connectivity index is 2.08. The molecule has 2 nitrogen and oxygen atoms in total. The van der Waals surface area contributed by atoms with Crippen LogP contribution in [-0.2, 0) is 9.53 Å². The van der Waals surface area contributed by atoms with Gasteiger partial charge in [0.05, 0.1) is 6.61 Å². The lowest BCUT2D eigenvalue weighted by molar-refractivity contribution is -0.130. The molecule has 0 saturated heterocycles. The van der Waals surface area contributed by atoms with Gasteiger partial charge in [0.25, 0.3) is 0 Å². The lowest BCUT2D eigenvalue weighted by Crippen LogP contribution is -2.37. The van der Waals surface area contributed by atoms with E-state index in [-0.39, 0.29) is 11.2 Å². The third kappa shape index (κ3) is 1.47. The summed E-state index contributed by atoms with van der Waals surface area (Å²) >= 11 is 0. The number of rotatable bonds is 3. The molecule has 0 amide bonds. The summed E-state index contributed by atoms with van der Waals surface area (Å²) in [5.74, 6) is 1.39. The highest BCUT2D eigenvalue weighted by molar-refractivity contribution is 5.98. The molecule has 78 valence electrons. The minimum atomic E-state index is -0.214. The number of hydrogen-bond donors (Lipinski definition) is 0. The molecule has 1 aliphatic heterocycles. The molecule has 2 rings (SSSR count). The first kappa shape index (κ1) is 9.75. The van der Waals surface area contributed by atoms with Crippen LogP contribution in [0, 0.1) is 11.3 Å². The number of hydrogen-bond acceptors (Lipinski definition) is 2. The van der Waals surface area contributed by atoms with Gasteiger partial charge in [0.2, 0.25) is 5.78 Å². The molecule has 1 saturated carbocycles. The predicted octanol–water partition coefficient (Wildman–Crippen LogP) is 2.69. The van der Waals surface area contributed by atoms with Crippen LogP contribution >= 0.6 is 0 Å². The second-order valence-electron chi connectivity index (χ2n) is 4.88. The summed E-state index contributed by atoms with van der Waals surface area (Å²) in [7, 11) is 0. The van der Waals surface area contributed by atoms with Crippen molar-refractivity contribution in [1.82, 2.24) is 0 Å². The average Bonchev–Trinajstić information content (AvgIpc) is 2.49. The Morgan fingerprint density at radius 2 is 2.21 bits per heavy atom. The number of ketones is 1. The largest absolute Gasteiger partial charge is 0.490 e. The van der Waals surface area contributed by atoms with Crippen molar-refractivity contribution >= 4 is 5.78 Å². The van der Waals surface area contributed by atoms with E-state index in [1.165, 1.54) is 19.3 Å². The van der Waals surface area contributed by atoms with Gasteiger partial charge in [-0.05, 0) is 24.8 Å². The molecule has 0 bridgehead atoms. The van der Waals surface area contributed by atoms with Crippen LogP contribution in [-0.4, -0.2) is 12.4 Å². The third-order valence-corrected chi connectivity index (χ3v) is 3.64. The molecule has 0 aromatic carbocycles. The van der Waals surface area contributed by atoms with E-state index in [1.54, 1.807) is 0 Å². The van der Waals surface area contributed by atoms with Crippen molar-refractivity contribution in [2.75, 3.05) is 6.61 Å². The molecular weight excluding hydrogens is 176 g/mol. The topological polar surface area (TPSA) is 26.3 Å². The highest BCUT2D eigenvalue weighted by Gasteiger charge is 2.41. The molecule has 0 spiro atoms. The van der Waals surface area contributed by atoms with Crippen LogP contribution in [0.3, 0.4) is 0 Å². The van der Waals surface area contributed by atoms with Gasteiger partial charge in [0.15, 0.2) is 5.76 Å². The van der Waals surface area contributed by atoms with E-state index >= 15 is 0 Å². The number of carbonyl (C=O) groups is 1. The molecule has 14 heavy (non-hydrogen) atoms. The Morgan fingerprint density at radius 3 is 2.64 bits per heavy atom. The molecule has 1 aliphatic carbocycles. The molecule has 0 aromatic rings. The summed E-state index contributed by atoms with van der Waals surface area (Å²) in [6.45, 7) is 4.80. The summed E-state index contributed by atoms with van der Waals surface area (Å²) in [5, 5.41) is 0. The minimum absolute atomic E-state index is 0.208. The van der Waals surface area contributed by atoms with Crippen molar-refractivity contribution in [3.05, 3.63) is 11.8 Å². The van der Waals surface area contributed by atoms with Gasteiger partial charge in [-0.2, -0.15) is 0 Å². The second-order valence-corrected chi connectivity index (χ2v) is 4.88. The highest BCUT2D eigenvalue weighted by atomic mass is 16.5. The first-order valence-corrected chi connectivity index (χ1v) is 5.50. The summed E-state index contributed by atoms with van der Waals surface area (Å²) in [5.41, 5.74) is -0.214. The van der Waals surface area contributed by atoms with Crippen molar-refractivity contribution in [2.24, 2.45) is 11.3 Å². The van der Waals surface area contributed by atoms with Crippen molar-refractivity contribution in [3.8, 4) is 0 Å². The maximum atomic E-state index is 12.1. The van der Waals surface area contributed by atoms with Crippen molar-refractivity contribution in [2.45, 2.75) is 39.5 Å². The van der Waals surface area contributed by atoms with Gasteiger partial charge in [0, 0.05) is 11.8 Å². The van der Waals surface area contributed by atoms with Crippen LogP contribution in [0.4, 0.5) is 0 Å². The molecule has 1 fully saturated rings. The van der Waals surface area contributed by atoms with Gasteiger partial charge in [-0.3, -0.25) is 4.79 Å². The molecule has 0 N–H and O–H groups in total. The molecule has 1 heterocycles. The van der Waals surface area contributed by atoms with Crippen molar-refractivity contribution in [1.29, 1.82) is 0 Å². The second kappa shape index (κ2) is 3.41. The van der Waals surface area contributed by atoms with E-state index in [0.29, 0.717) is 18.3 Å². The van der Waals surface area contributed by atoms with Gasteiger partial charge < -0.3 is 4.74 Å². The van der Waals surface area contributed by atoms with Gasteiger partial charge in [-0.15, -0.1) is 0 Å². The summed E-state index contributed by atoms with van der Waals surface area (Å²) < 4.78 is 5.33. The van der Waals surface area contributed by atoms with Crippen LogP contribution in [0.2, 0.25) is 0 Å². The normalized spacial score (nSPS) is 22.6. The standard InChI is InChI=1S/C12H18O2/c1-12(2,9-5-3-6-9)11(13)10-7-4-8-14-10/h7,9H,3-6,8H2,1-2H3. The zero-order valence-electron chi connectivity index (χ0n) is 9.01. The molecule has 0 unspecified atom stereocenters. The molecule has 0 atom stereocenters. The van der Waals surface area contributed by atoms with Crippen LogP contribution in [0.5, 0.6) is 0 Å². The van der Waals surface area contributed by atoms with Gasteiger partial charge >= 0.3 is 0 Å². The lowest BCUT2D eigenvalue weighted by atomic mass is 9.65. The molecule has 2 heteroatoms. The first-order valence-electron chi connectivity index (χ1n) is 5.50. The Bertz CT molecular complexity index is 272. The van der Waals surface area contributed by atoms with Crippen LogP contribution < -0.4 is 0 Å². The predicted molar refractivity (Wildman–Crippen MR) is 54.8 cm³/mol. The number of ether oxygens (including phenoxy) is 1. The molecule has 2 aliphatic rings. The van der Waals surface area contributed by atoms with E-state index in [1.807, 2.05) is 6.08 Å². The van der Waals surface area contributed by atoms with Crippen molar-refractivity contribution in [3.63, 3.8) is 0 Å². The SMILES string of the molecule is CC(C)(C(=O)C1=CCCO1)C1CCC1. The van der Waals surface area contributed by atoms with E-state index in [2.05, 4.69) is 13.8 Å². The van der Waals surface area contributed by atoms with E-state index in [4.69, 9.17) is 4.74 Å². The summed E-state index contributed by atoms with van der Waals surface area (Å²) in [4.78, 5) is 12.1. The Labute approximate surface area is 85.3 Å². The molecular formula is C12H18O2. The average molecular weight is 194 g/mol. The fourth-order valence-corrected chi connectivity index (χ4v) is 2.21. The van der Waals surface area contributed by atoms with Crippen molar-refractivity contribution < 1.29 is 9.53 Å². The fourth-order valence-electron chi connectivity index (χ4n) is 2.21. The zero-order chi connectivity index (χ0) is 10.2. The Kier molecular flexibility index (Phi) is 2.38. The lowest BCUT2D eigenvalue weighted by Gasteiger charge is -2.39. The third-order valence-electron chi connectivity index (χ3n) is 3.64. The van der Waals surface area contributed by atoms with Gasteiger partial charge in [-0.25, -0.2) is 0 Å². The number of allylic oxidation sites excluding steroid dienone is 1. The smallest absolute Gasteiger partial charge is 0.202 e. The van der Waals surface area contributed by atoms with E-state index in [0.717, 1.165) is 6.42 Å².